The molecule has 2 aliphatic heterocycles. The summed E-state index contributed by atoms with van der Waals surface area (Å²) in [5, 5.41) is 0. The Balaban J connectivity index is 1.34. The first kappa shape index (κ1) is 29.6. The van der Waals surface area contributed by atoms with Gasteiger partial charge in [-0.25, -0.2) is 4.79 Å². The summed E-state index contributed by atoms with van der Waals surface area (Å²) in [5.41, 5.74) is -3.26. The van der Waals surface area contributed by atoms with Gasteiger partial charge in [0.1, 0.15) is 18.5 Å². The van der Waals surface area contributed by atoms with Crippen LogP contribution in [-0.2, 0) is 34.6 Å². The second-order valence-corrected chi connectivity index (χ2v) is 14.6. The van der Waals surface area contributed by atoms with Gasteiger partial charge in [-0.05, 0) is 61.4 Å². The van der Waals surface area contributed by atoms with E-state index in [1.807, 2.05) is 0 Å². The van der Waals surface area contributed by atoms with E-state index in [1.54, 1.807) is 21.3 Å². The van der Waals surface area contributed by atoms with E-state index in [4.69, 9.17) is 28.4 Å². The Bertz CT molecular complexity index is 1340. The van der Waals surface area contributed by atoms with Crippen molar-refractivity contribution in [1.82, 2.24) is 4.90 Å². The van der Waals surface area contributed by atoms with E-state index in [9.17, 15) is 18.0 Å². The Labute approximate surface area is 255 Å². The first-order valence-electron chi connectivity index (χ1n) is 16.0. The van der Waals surface area contributed by atoms with E-state index in [0.29, 0.717) is 6.42 Å². The van der Waals surface area contributed by atoms with Crippen molar-refractivity contribution in [2.24, 2.45) is 34.5 Å². The Kier molecular flexibility index (Phi) is 6.34. The molecular formula is C33H42F3NO7. The van der Waals surface area contributed by atoms with Crippen LogP contribution in [0, 0.1) is 34.5 Å². The van der Waals surface area contributed by atoms with Crippen LogP contribution < -0.4 is 0 Å². The molecule has 5 aliphatic carbocycles. The number of likely N-dealkylation sites (N-methyl/N-ethyl adjacent to an activating group) is 1. The fourth-order valence-corrected chi connectivity index (χ4v) is 12.5. The summed E-state index contributed by atoms with van der Waals surface area (Å²) in [7, 11) is 5.30. The lowest BCUT2D eigenvalue weighted by molar-refractivity contribution is -0.282. The molecule has 242 valence electrons. The highest BCUT2D eigenvalue weighted by molar-refractivity contribution is 5.89. The third kappa shape index (κ3) is 3.20. The maximum absolute atomic E-state index is 14.0. The molecule has 1 aromatic carbocycles. The van der Waals surface area contributed by atoms with Crippen molar-refractivity contribution in [2.45, 2.75) is 87.4 Å². The summed E-state index contributed by atoms with van der Waals surface area (Å²) in [6, 6.07) is 4.13. The van der Waals surface area contributed by atoms with Crippen LogP contribution in [0.4, 0.5) is 13.2 Å². The highest BCUT2D eigenvalue weighted by Gasteiger charge is 2.94. The standard InChI is InChI=1S/C33H42F3NO7/c1-6-37-15-29(2)12-11-22(40-4)31-20-13-19-21(39-3)14-30(23(20)24(19)41-5)32(28(31)37,43-16-42-30)26(25(29)31)44-27(38)17-7-9-18(10-8-17)33(34,35)36/h7-10,19-26,28H,6,11-16H2,1-5H3/t19-,20-,21+,22+,23-,24+,25-,26+,28+,29+,30-,31+,32+/m1/s1. The van der Waals surface area contributed by atoms with Crippen LogP contribution in [0.1, 0.15) is 55.5 Å². The quantitative estimate of drug-likeness (QED) is 0.429. The summed E-state index contributed by atoms with van der Waals surface area (Å²) < 4.78 is 79.6. The topological polar surface area (TPSA) is 75.7 Å². The number of piperidine rings is 1. The lowest BCUT2D eigenvalue weighted by atomic mass is 9.43. The number of halogens is 3. The van der Waals surface area contributed by atoms with Gasteiger partial charge in [0.05, 0.1) is 35.5 Å². The van der Waals surface area contributed by atoms with Crippen LogP contribution in [0.15, 0.2) is 24.3 Å². The predicted molar refractivity (Wildman–Crippen MR) is 150 cm³/mol. The average Bonchev–Trinajstić information content (AvgIpc) is 3.59. The van der Waals surface area contributed by atoms with Crippen molar-refractivity contribution in [3.8, 4) is 0 Å². The highest BCUT2D eigenvalue weighted by atomic mass is 19.4. The molecule has 44 heavy (non-hydrogen) atoms. The summed E-state index contributed by atoms with van der Waals surface area (Å²) in [6.45, 7) is 6.16. The van der Waals surface area contributed by atoms with Gasteiger partial charge < -0.3 is 28.4 Å². The van der Waals surface area contributed by atoms with Crippen LogP contribution in [0.5, 0.6) is 0 Å². The van der Waals surface area contributed by atoms with Crippen LogP contribution in [0.3, 0.4) is 0 Å². The summed E-state index contributed by atoms with van der Waals surface area (Å²) in [6.07, 6.45) is -2.29. The van der Waals surface area contributed by atoms with Crippen LogP contribution in [0.25, 0.3) is 0 Å². The number of ether oxygens (including phenoxy) is 6. The molecule has 2 heterocycles. The van der Waals surface area contributed by atoms with Gasteiger partial charge in [-0.3, -0.25) is 4.90 Å². The van der Waals surface area contributed by atoms with Crippen molar-refractivity contribution in [1.29, 1.82) is 0 Å². The minimum absolute atomic E-state index is 0.0169. The third-order valence-electron chi connectivity index (χ3n) is 13.5. The van der Waals surface area contributed by atoms with Gasteiger partial charge in [-0.1, -0.05) is 13.8 Å². The number of hydrogen-bond donors (Lipinski definition) is 0. The van der Waals surface area contributed by atoms with Crippen molar-refractivity contribution in [3.63, 3.8) is 0 Å². The fraction of sp³-hybridized carbons (Fsp3) is 0.788. The Hall–Kier alpha value is -1.76. The van der Waals surface area contributed by atoms with E-state index in [-0.39, 0.29) is 65.8 Å². The number of fused-ring (bicyclic) bond motifs is 1. The van der Waals surface area contributed by atoms with Crippen molar-refractivity contribution in [3.05, 3.63) is 35.4 Å². The van der Waals surface area contributed by atoms with Gasteiger partial charge in [-0.2, -0.15) is 13.2 Å². The Morgan fingerprint density at radius 1 is 1.09 bits per heavy atom. The fourth-order valence-electron chi connectivity index (χ4n) is 12.5. The molecule has 0 radical (unpaired) electrons. The maximum Gasteiger partial charge on any atom is 0.416 e. The van der Waals surface area contributed by atoms with Gasteiger partial charge >= 0.3 is 12.1 Å². The minimum Gasteiger partial charge on any atom is -0.455 e. The number of esters is 1. The summed E-state index contributed by atoms with van der Waals surface area (Å²) in [4.78, 5) is 16.6. The number of hydrogen-bond acceptors (Lipinski definition) is 8. The molecule has 7 aliphatic rings. The molecule has 11 heteroatoms. The molecule has 0 N–H and O–H groups in total. The largest absolute Gasteiger partial charge is 0.455 e. The lowest BCUT2D eigenvalue weighted by Gasteiger charge is -2.69. The monoisotopic (exact) mass is 621 g/mol. The molecule has 1 aromatic rings. The molecule has 13 atom stereocenters. The van der Waals surface area contributed by atoms with Crippen molar-refractivity contribution in [2.75, 3.05) is 41.2 Å². The zero-order chi connectivity index (χ0) is 31.0. The van der Waals surface area contributed by atoms with E-state index in [2.05, 4.69) is 18.7 Å². The number of likely N-dealkylation sites (tertiary alicyclic amines) is 1. The van der Waals surface area contributed by atoms with E-state index >= 15 is 0 Å². The van der Waals surface area contributed by atoms with Gasteiger partial charge in [0.15, 0.2) is 5.60 Å². The average molecular weight is 622 g/mol. The van der Waals surface area contributed by atoms with Gasteiger partial charge in [0, 0.05) is 57.5 Å². The molecule has 0 aromatic heterocycles. The molecule has 2 saturated heterocycles. The van der Waals surface area contributed by atoms with Crippen LogP contribution in [0.2, 0.25) is 0 Å². The van der Waals surface area contributed by atoms with Crippen LogP contribution in [-0.4, -0.2) is 93.7 Å². The lowest BCUT2D eigenvalue weighted by Crippen LogP contribution is -2.81. The maximum atomic E-state index is 14.0. The van der Waals surface area contributed by atoms with Crippen LogP contribution >= 0.6 is 0 Å². The highest BCUT2D eigenvalue weighted by Crippen LogP contribution is 2.82. The number of carbonyl (C=O) groups is 1. The molecular weight excluding hydrogens is 579 g/mol. The number of methoxy groups -OCH3 is 3. The number of alkyl halides is 3. The normalized spacial score (nSPS) is 50.0. The van der Waals surface area contributed by atoms with E-state index < -0.39 is 40.4 Å². The summed E-state index contributed by atoms with van der Waals surface area (Å²) >= 11 is 0. The number of benzene rings is 1. The Morgan fingerprint density at radius 3 is 2.48 bits per heavy atom. The second kappa shape index (κ2) is 9.41. The van der Waals surface area contributed by atoms with E-state index in [1.165, 1.54) is 12.1 Å². The molecule has 0 unspecified atom stereocenters. The molecule has 0 amide bonds. The number of rotatable bonds is 6. The predicted octanol–water partition coefficient (Wildman–Crippen LogP) is 4.55. The molecule has 8 rings (SSSR count). The zero-order valence-corrected chi connectivity index (χ0v) is 25.9. The number of carbonyl (C=O) groups excluding carboxylic acids is 1. The van der Waals surface area contributed by atoms with Gasteiger partial charge in [-0.15, -0.1) is 0 Å². The summed E-state index contributed by atoms with van der Waals surface area (Å²) in [5.74, 6) is -0.433. The first-order valence-corrected chi connectivity index (χ1v) is 16.0. The van der Waals surface area contributed by atoms with Gasteiger partial charge in [0.2, 0.25) is 0 Å². The van der Waals surface area contributed by atoms with Crippen molar-refractivity contribution >= 4 is 5.97 Å². The third-order valence-corrected chi connectivity index (χ3v) is 13.5. The smallest absolute Gasteiger partial charge is 0.416 e. The molecule has 3 spiro atoms. The molecule has 7 bridgehead atoms. The number of nitrogens with zero attached hydrogens (tertiary/aromatic N) is 1. The molecule has 8 nitrogen and oxygen atoms in total. The van der Waals surface area contributed by atoms with Crippen molar-refractivity contribution < 1.29 is 46.4 Å². The van der Waals surface area contributed by atoms with E-state index in [0.717, 1.165) is 44.5 Å². The minimum atomic E-state index is -4.50. The second-order valence-electron chi connectivity index (χ2n) is 14.6. The van der Waals surface area contributed by atoms with Gasteiger partial charge in [0.25, 0.3) is 0 Å². The zero-order valence-electron chi connectivity index (χ0n) is 25.9. The SMILES string of the molecule is CCN1C[C@]2(C)CC[C@H](OC)[C@@]34[C@@H]5C[C@H]6[C@H](OC)[C@@H]5[C@@]5(C[C@@H]6OC)OCO[C@@]5([C@@H](OC(=O)c5ccc(C(F)(F)F)cc5)[C@H]23)[C@@H]14. The molecule has 5 saturated carbocycles. The molecule has 7 fully saturated rings. The first-order chi connectivity index (χ1) is 21.0. The Morgan fingerprint density at radius 2 is 1.84 bits per heavy atom.